The lowest BCUT2D eigenvalue weighted by Gasteiger charge is -2.35. The second-order valence-corrected chi connectivity index (χ2v) is 5.57. The minimum absolute atomic E-state index is 0.0220. The number of hydrogen-bond acceptors (Lipinski definition) is 3. The minimum atomic E-state index is 0.0220. The van der Waals surface area contributed by atoms with Crippen molar-refractivity contribution in [1.82, 2.24) is 10.6 Å². The van der Waals surface area contributed by atoms with Crippen molar-refractivity contribution >= 4 is 17.7 Å². The number of rotatable bonds is 1. The lowest BCUT2D eigenvalue weighted by Crippen LogP contribution is -2.60. The van der Waals surface area contributed by atoms with Gasteiger partial charge in [-0.25, -0.2) is 0 Å². The summed E-state index contributed by atoms with van der Waals surface area (Å²) >= 11 is 1.93. The number of hydrogen-bond donors (Lipinski definition) is 2. The van der Waals surface area contributed by atoms with E-state index in [1.165, 1.54) is 12.2 Å². The monoisotopic (exact) mass is 200 g/mol. The standard InChI is InChI=1S/C9H16N2OS/c1-9(3-2-6-13-9)7-8(12)11-5-4-10-7/h7,10H,2-6H2,1H3,(H,11,12). The van der Waals surface area contributed by atoms with Gasteiger partial charge in [0, 0.05) is 17.8 Å². The largest absolute Gasteiger partial charge is 0.353 e. The first kappa shape index (κ1) is 9.34. The van der Waals surface area contributed by atoms with Crippen LogP contribution in [0, 0.1) is 0 Å². The lowest BCUT2D eigenvalue weighted by molar-refractivity contribution is -0.125. The molecule has 2 aliphatic heterocycles. The van der Waals surface area contributed by atoms with Gasteiger partial charge in [-0.1, -0.05) is 0 Å². The van der Waals surface area contributed by atoms with Crippen molar-refractivity contribution in [3.05, 3.63) is 0 Å². The summed E-state index contributed by atoms with van der Waals surface area (Å²) in [5.41, 5.74) is 0. The van der Waals surface area contributed by atoms with Gasteiger partial charge < -0.3 is 10.6 Å². The summed E-state index contributed by atoms with van der Waals surface area (Å²) in [6, 6.07) is 0.0220. The van der Waals surface area contributed by atoms with Crippen molar-refractivity contribution in [1.29, 1.82) is 0 Å². The molecule has 0 aromatic carbocycles. The van der Waals surface area contributed by atoms with Crippen molar-refractivity contribution in [2.45, 2.75) is 30.6 Å². The van der Waals surface area contributed by atoms with Crippen LogP contribution in [-0.4, -0.2) is 35.5 Å². The molecule has 0 aliphatic carbocycles. The van der Waals surface area contributed by atoms with E-state index in [-0.39, 0.29) is 16.7 Å². The van der Waals surface area contributed by atoms with Crippen LogP contribution in [0.4, 0.5) is 0 Å². The normalized spacial score (nSPS) is 40.4. The van der Waals surface area contributed by atoms with Gasteiger partial charge in [0.05, 0.1) is 0 Å². The SMILES string of the molecule is CC1(C2NCCNC2=O)CCCS1. The van der Waals surface area contributed by atoms with E-state index in [4.69, 9.17) is 0 Å². The summed E-state index contributed by atoms with van der Waals surface area (Å²) in [6.45, 7) is 3.88. The topological polar surface area (TPSA) is 41.1 Å². The van der Waals surface area contributed by atoms with Crippen molar-refractivity contribution in [3.8, 4) is 0 Å². The number of piperazine rings is 1. The zero-order valence-electron chi connectivity index (χ0n) is 7.93. The maximum absolute atomic E-state index is 11.6. The van der Waals surface area contributed by atoms with Gasteiger partial charge in [-0.3, -0.25) is 4.79 Å². The number of thioether (sulfide) groups is 1. The van der Waals surface area contributed by atoms with Crippen LogP contribution in [0.3, 0.4) is 0 Å². The Morgan fingerprint density at radius 2 is 2.38 bits per heavy atom. The van der Waals surface area contributed by atoms with Crippen molar-refractivity contribution in [2.75, 3.05) is 18.8 Å². The van der Waals surface area contributed by atoms with Gasteiger partial charge in [0.1, 0.15) is 6.04 Å². The first-order chi connectivity index (χ1) is 6.22. The van der Waals surface area contributed by atoms with E-state index >= 15 is 0 Å². The minimum Gasteiger partial charge on any atom is -0.353 e. The van der Waals surface area contributed by atoms with Crippen LogP contribution in [0.15, 0.2) is 0 Å². The van der Waals surface area contributed by atoms with Gasteiger partial charge in [0.25, 0.3) is 0 Å². The summed E-state index contributed by atoms with van der Waals surface area (Å²) in [5.74, 6) is 1.38. The number of nitrogens with one attached hydrogen (secondary N) is 2. The average Bonchev–Trinajstić information content (AvgIpc) is 2.54. The lowest BCUT2D eigenvalue weighted by atomic mass is 9.94. The van der Waals surface area contributed by atoms with Crippen LogP contribution in [-0.2, 0) is 4.79 Å². The van der Waals surface area contributed by atoms with E-state index in [1.54, 1.807) is 0 Å². The first-order valence-corrected chi connectivity index (χ1v) is 5.86. The Labute approximate surface area is 83.0 Å². The Morgan fingerprint density at radius 1 is 1.54 bits per heavy atom. The van der Waals surface area contributed by atoms with Crippen LogP contribution in [0.5, 0.6) is 0 Å². The third-order valence-corrected chi connectivity index (χ3v) is 4.49. The number of carbonyl (C=O) groups excluding carboxylic acids is 1. The molecule has 2 atom stereocenters. The fourth-order valence-electron chi connectivity index (χ4n) is 2.12. The zero-order chi connectivity index (χ0) is 9.31. The van der Waals surface area contributed by atoms with Crippen molar-refractivity contribution in [2.24, 2.45) is 0 Å². The molecule has 0 aromatic rings. The van der Waals surface area contributed by atoms with Crippen molar-refractivity contribution in [3.63, 3.8) is 0 Å². The van der Waals surface area contributed by atoms with Crippen LogP contribution in [0.2, 0.25) is 0 Å². The molecule has 74 valence electrons. The molecule has 2 unspecified atom stereocenters. The molecule has 2 fully saturated rings. The third kappa shape index (κ3) is 1.70. The second kappa shape index (κ2) is 3.50. The summed E-state index contributed by atoms with van der Waals surface area (Å²) in [7, 11) is 0. The average molecular weight is 200 g/mol. The van der Waals surface area contributed by atoms with Crippen LogP contribution >= 0.6 is 11.8 Å². The molecule has 2 N–H and O–H groups in total. The van der Waals surface area contributed by atoms with E-state index in [2.05, 4.69) is 17.6 Å². The summed E-state index contributed by atoms with van der Waals surface area (Å²) in [5, 5.41) is 6.24. The molecule has 2 aliphatic rings. The quantitative estimate of drug-likeness (QED) is 0.642. The van der Waals surface area contributed by atoms with E-state index in [0.717, 1.165) is 19.5 Å². The predicted molar refractivity (Wildman–Crippen MR) is 54.9 cm³/mol. The zero-order valence-corrected chi connectivity index (χ0v) is 8.75. The Balaban J connectivity index is 2.08. The predicted octanol–water partition coefficient (Wildman–Crippen LogP) is 0.360. The molecular weight excluding hydrogens is 184 g/mol. The molecule has 13 heavy (non-hydrogen) atoms. The molecule has 3 nitrogen and oxygen atoms in total. The van der Waals surface area contributed by atoms with Crippen LogP contribution in [0.1, 0.15) is 19.8 Å². The summed E-state index contributed by atoms with van der Waals surface area (Å²) in [4.78, 5) is 11.6. The number of carbonyl (C=O) groups is 1. The highest BCUT2D eigenvalue weighted by atomic mass is 32.2. The number of amides is 1. The Morgan fingerprint density at radius 3 is 3.00 bits per heavy atom. The van der Waals surface area contributed by atoms with Gasteiger partial charge >= 0.3 is 0 Å². The van der Waals surface area contributed by atoms with Gasteiger partial charge in [-0.05, 0) is 25.5 Å². The second-order valence-electron chi connectivity index (χ2n) is 3.94. The molecule has 2 saturated heterocycles. The molecule has 0 spiro atoms. The first-order valence-electron chi connectivity index (χ1n) is 4.87. The molecule has 0 saturated carbocycles. The Hall–Kier alpha value is -0.220. The fraction of sp³-hybridized carbons (Fsp3) is 0.889. The molecule has 0 aromatic heterocycles. The third-order valence-electron chi connectivity index (χ3n) is 2.89. The Bertz CT molecular complexity index is 214. The highest BCUT2D eigenvalue weighted by molar-refractivity contribution is 8.01. The van der Waals surface area contributed by atoms with E-state index < -0.39 is 0 Å². The molecule has 2 heterocycles. The molecular formula is C9H16N2OS. The highest BCUT2D eigenvalue weighted by Gasteiger charge is 2.42. The summed E-state index contributed by atoms with van der Waals surface area (Å²) in [6.07, 6.45) is 2.40. The maximum atomic E-state index is 11.6. The van der Waals surface area contributed by atoms with Crippen LogP contribution in [0.25, 0.3) is 0 Å². The Kier molecular flexibility index (Phi) is 2.51. The van der Waals surface area contributed by atoms with Gasteiger partial charge in [0.2, 0.25) is 5.91 Å². The van der Waals surface area contributed by atoms with E-state index in [1.807, 2.05) is 11.8 Å². The van der Waals surface area contributed by atoms with Gasteiger partial charge in [0.15, 0.2) is 0 Å². The molecule has 2 rings (SSSR count). The van der Waals surface area contributed by atoms with E-state index in [0.29, 0.717) is 0 Å². The van der Waals surface area contributed by atoms with E-state index in [9.17, 15) is 4.79 Å². The molecule has 0 radical (unpaired) electrons. The molecule has 1 amide bonds. The smallest absolute Gasteiger partial charge is 0.238 e. The molecule has 0 bridgehead atoms. The van der Waals surface area contributed by atoms with Crippen LogP contribution < -0.4 is 10.6 Å². The molecule has 4 heteroatoms. The summed E-state index contributed by atoms with van der Waals surface area (Å²) < 4.78 is 0.129. The maximum Gasteiger partial charge on any atom is 0.238 e. The van der Waals surface area contributed by atoms with Gasteiger partial charge in [-0.2, -0.15) is 11.8 Å². The highest BCUT2D eigenvalue weighted by Crippen LogP contribution is 2.40. The van der Waals surface area contributed by atoms with Gasteiger partial charge in [-0.15, -0.1) is 0 Å². The fourth-order valence-corrected chi connectivity index (χ4v) is 3.52. The van der Waals surface area contributed by atoms with Crippen molar-refractivity contribution < 1.29 is 4.79 Å².